The maximum atomic E-state index is 3.88. The van der Waals surface area contributed by atoms with Crippen LogP contribution in [0.3, 0.4) is 0 Å². The van der Waals surface area contributed by atoms with Gasteiger partial charge in [-0.15, -0.1) is 0 Å². The van der Waals surface area contributed by atoms with E-state index >= 15 is 0 Å². The lowest BCUT2D eigenvalue weighted by Gasteiger charge is -2.33. The lowest BCUT2D eigenvalue weighted by Crippen LogP contribution is -2.74. The molecule has 0 aromatic carbocycles. The lowest BCUT2D eigenvalue weighted by atomic mass is 11.0. The Bertz CT molecular complexity index is 149. The standard InChI is InChI=1S/C8H24N4Si4/c1-5-13-9-14(6-2)11-16(8-4)12-15(7-3)10-13/h9-12H,5-8H2,1-4H3. The first-order valence-corrected chi connectivity index (χ1v) is 13.1. The maximum Gasteiger partial charge on any atom is 0.211 e. The average molecular weight is 289 g/mol. The second kappa shape index (κ2) is 7.92. The summed E-state index contributed by atoms with van der Waals surface area (Å²) in [5, 5.41) is 0. The van der Waals surface area contributed by atoms with Gasteiger partial charge in [-0.25, -0.2) is 0 Å². The second-order valence-corrected chi connectivity index (χ2v) is 14.5. The molecule has 1 aliphatic heterocycles. The topological polar surface area (TPSA) is 48.1 Å². The zero-order valence-corrected chi connectivity index (χ0v) is 14.8. The van der Waals surface area contributed by atoms with E-state index < -0.39 is 36.5 Å². The van der Waals surface area contributed by atoms with Crippen LogP contribution in [0.25, 0.3) is 0 Å². The van der Waals surface area contributed by atoms with Crippen LogP contribution < -0.4 is 18.6 Å². The van der Waals surface area contributed by atoms with Crippen molar-refractivity contribution in [2.75, 3.05) is 0 Å². The van der Waals surface area contributed by atoms with Crippen LogP contribution in [0.1, 0.15) is 27.7 Å². The minimum atomic E-state index is -0.516. The summed E-state index contributed by atoms with van der Waals surface area (Å²) in [6.45, 7) is 9.19. The van der Waals surface area contributed by atoms with Crippen molar-refractivity contribution in [2.24, 2.45) is 0 Å². The van der Waals surface area contributed by atoms with Crippen LogP contribution in [0.4, 0.5) is 0 Å². The van der Waals surface area contributed by atoms with E-state index in [9.17, 15) is 0 Å². The average Bonchev–Trinajstić information content (AvgIpc) is 2.29. The van der Waals surface area contributed by atoms with Crippen molar-refractivity contribution in [3.8, 4) is 0 Å². The molecule has 4 nitrogen and oxygen atoms in total. The molecule has 92 valence electrons. The van der Waals surface area contributed by atoms with Crippen LogP contribution >= 0.6 is 0 Å². The SMILES string of the molecule is CC[Si]1N[Si](CC)N[Si](CC)N[Si](CC)N1. The fraction of sp³-hybridized carbons (Fsp3) is 1.00. The van der Waals surface area contributed by atoms with Crippen molar-refractivity contribution in [3.05, 3.63) is 0 Å². The summed E-state index contributed by atoms with van der Waals surface area (Å²) in [7, 11) is -2.07. The Labute approximate surface area is 107 Å². The molecular weight excluding hydrogens is 264 g/mol. The van der Waals surface area contributed by atoms with E-state index in [-0.39, 0.29) is 0 Å². The highest BCUT2D eigenvalue weighted by atomic mass is 28.4. The van der Waals surface area contributed by atoms with Crippen LogP contribution in [0.5, 0.6) is 0 Å². The fourth-order valence-corrected chi connectivity index (χ4v) is 16.3. The maximum absolute atomic E-state index is 3.88. The van der Waals surface area contributed by atoms with Crippen molar-refractivity contribution in [3.63, 3.8) is 0 Å². The van der Waals surface area contributed by atoms with Crippen molar-refractivity contribution in [1.82, 2.24) is 18.6 Å². The molecule has 1 aliphatic rings. The van der Waals surface area contributed by atoms with Crippen molar-refractivity contribution < 1.29 is 0 Å². The van der Waals surface area contributed by atoms with Crippen molar-refractivity contribution in [1.29, 1.82) is 0 Å². The fourth-order valence-electron chi connectivity index (χ4n) is 1.56. The van der Waals surface area contributed by atoms with E-state index in [2.05, 4.69) is 46.3 Å². The molecule has 1 heterocycles. The Morgan fingerprint density at radius 1 is 0.500 bits per heavy atom. The first-order valence-electron chi connectivity index (χ1n) is 6.24. The van der Waals surface area contributed by atoms with E-state index in [0.29, 0.717) is 0 Å². The molecule has 0 saturated carbocycles. The van der Waals surface area contributed by atoms with Crippen LogP contribution in [-0.2, 0) is 0 Å². The van der Waals surface area contributed by atoms with E-state index in [1.54, 1.807) is 0 Å². The zero-order chi connectivity index (χ0) is 12.0. The van der Waals surface area contributed by atoms with Gasteiger partial charge in [0, 0.05) is 0 Å². The molecule has 0 aromatic heterocycles. The van der Waals surface area contributed by atoms with Gasteiger partial charge < -0.3 is 18.6 Å². The van der Waals surface area contributed by atoms with Crippen LogP contribution in [0.15, 0.2) is 0 Å². The summed E-state index contributed by atoms with van der Waals surface area (Å²) in [6, 6.07) is 5.07. The molecular formula is C8H24N4Si4. The molecule has 1 rings (SSSR count). The number of nitrogens with one attached hydrogen (secondary N) is 4. The van der Waals surface area contributed by atoms with E-state index in [1.807, 2.05) is 0 Å². The summed E-state index contributed by atoms with van der Waals surface area (Å²) in [5.41, 5.74) is 0. The molecule has 8 heteroatoms. The smallest absolute Gasteiger partial charge is 0.211 e. The van der Waals surface area contributed by atoms with Gasteiger partial charge >= 0.3 is 0 Å². The van der Waals surface area contributed by atoms with Gasteiger partial charge in [-0.05, 0) is 24.2 Å². The molecule has 4 N–H and O–H groups in total. The molecule has 0 bridgehead atoms. The van der Waals surface area contributed by atoms with Gasteiger partial charge in [0.25, 0.3) is 0 Å². The lowest BCUT2D eigenvalue weighted by molar-refractivity contribution is 1.07. The Kier molecular flexibility index (Phi) is 7.31. The van der Waals surface area contributed by atoms with Gasteiger partial charge in [-0.3, -0.25) is 0 Å². The Balaban J connectivity index is 2.61. The van der Waals surface area contributed by atoms with E-state index in [4.69, 9.17) is 0 Å². The van der Waals surface area contributed by atoms with Gasteiger partial charge in [0.1, 0.15) is 0 Å². The molecule has 0 spiro atoms. The summed E-state index contributed by atoms with van der Waals surface area (Å²) in [5.74, 6) is 0. The Morgan fingerprint density at radius 3 is 0.812 bits per heavy atom. The number of hydrogen-bond donors (Lipinski definition) is 4. The third-order valence-corrected chi connectivity index (χ3v) is 15.1. The Hall–Kier alpha value is 0.708. The largest absolute Gasteiger partial charge is 0.336 e. The monoisotopic (exact) mass is 288 g/mol. The van der Waals surface area contributed by atoms with Crippen molar-refractivity contribution in [2.45, 2.75) is 51.9 Å². The predicted molar refractivity (Wildman–Crippen MR) is 77.5 cm³/mol. The highest BCUT2D eigenvalue weighted by molar-refractivity contribution is 6.87. The molecule has 0 aromatic rings. The minimum Gasteiger partial charge on any atom is -0.336 e. The normalized spacial score (nSPS) is 23.2. The first kappa shape index (κ1) is 14.8. The number of hydrogen-bond acceptors (Lipinski definition) is 4. The van der Waals surface area contributed by atoms with Crippen LogP contribution in [-0.4, -0.2) is 36.5 Å². The van der Waals surface area contributed by atoms with E-state index in [1.165, 1.54) is 24.2 Å². The molecule has 4 radical (unpaired) electrons. The van der Waals surface area contributed by atoms with Gasteiger partial charge in [0.05, 0.1) is 0 Å². The summed E-state index contributed by atoms with van der Waals surface area (Å²) in [4.78, 5) is 0. The van der Waals surface area contributed by atoms with E-state index in [0.717, 1.165) is 0 Å². The molecule has 1 saturated heterocycles. The third kappa shape index (κ3) is 4.53. The van der Waals surface area contributed by atoms with Crippen molar-refractivity contribution >= 4 is 36.5 Å². The molecule has 0 atom stereocenters. The number of rotatable bonds is 4. The zero-order valence-electron chi connectivity index (χ0n) is 10.8. The summed E-state index contributed by atoms with van der Waals surface area (Å²) in [6.07, 6.45) is 0. The van der Waals surface area contributed by atoms with Gasteiger partial charge in [0.15, 0.2) is 0 Å². The van der Waals surface area contributed by atoms with Gasteiger partial charge in [0.2, 0.25) is 36.5 Å². The quantitative estimate of drug-likeness (QED) is 0.566. The first-order chi connectivity index (χ1) is 7.73. The second-order valence-electron chi connectivity index (χ2n) is 3.83. The van der Waals surface area contributed by atoms with Gasteiger partial charge in [-0.2, -0.15) is 0 Å². The summed E-state index contributed by atoms with van der Waals surface area (Å²) < 4.78 is 15.5. The Morgan fingerprint density at radius 2 is 0.688 bits per heavy atom. The van der Waals surface area contributed by atoms with Crippen LogP contribution in [0.2, 0.25) is 24.2 Å². The molecule has 1 fully saturated rings. The minimum absolute atomic E-state index is 0.516. The molecule has 16 heavy (non-hydrogen) atoms. The molecule has 0 amide bonds. The molecule has 0 aliphatic carbocycles. The summed E-state index contributed by atoms with van der Waals surface area (Å²) >= 11 is 0. The highest BCUT2D eigenvalue weighted by Crippen LogP contribution is 1.97. The predicted octanol–water partition coefficient (Wildman–Crippen LogP) is 0.391. The van der Waals surface area contributed by atoms with Gasteiger partial charge in [-0.1, -0.05) is 27.7 Å². The molecule has 0 unspecified atom stereocenters. The highest BCUT2D eigenvalue weighted by Gasteiger charge is 2.28. The van der Waals surface area contributed by atoms with Crippen LogP contribution in [0, 0.1) is 0 Å². The third-order valence-electron chi connectivity index (χ3n) is 2.62.